The first-order valence-electron chi connectivity index (χ1n) is 7.43. The number of hydrogen-bond donors (Lipinski definition) is 1. The molecule has 0 atom stereocenters. The molecular formula is C18H14BrN3O3. The van der Waals surface area contributed by atoms with Crippen LogP contribution in [0.2, 0.25) is 0 Å². The van der Waals surface area contributed by atoms with Gasteiger partial charge in [-0.15, -0.1) is 0 Å². The molecule has 3 rings (SSSR count). The van der Waals surface area contributed by atoms with Crippen LogP contribution in [0.15, 0.2) is 48.8 Å². The SMILES string of the molecule is COC(=O)c1nccnc1NC(=O)c1ccc(CBr)c2ccccc12. The van der Waals surface area contributed by atoms with E-state index < -0.39 is 5.97 Å². The molecule has 0 saturated carbocycles. The Kier molecular flexibility index (Phi) is 5.04. The zero-order chi connectivity index (χ0) is 17.8. The van der Waals surface area contributed by atoms with Crippen LogP contribution in [0.1, 0.15) is 26.4 Å². The molecule has 0 radical (unpaired) electrons. The normalized spacial score (nSPS) is 10.5. The van der Waals surface area contributed by atoms with Crippen LogP contribution in [0.5, 0.6) is 0 Å². The molecule has 0 aliphatic heterocycles. The Bertz CT molecular complexity index is 959. The number of aromatic nitrogens is 2. The van der Waals surface area contributed by atoms with Crippen LogP contribution in [0, 0.1) is 0 Å². The van der Waals surface area contributed by atoms with E-state index in [0.29, 0.717) is 10.9 Å². The van der Waals surface area contributed by atoms with Gasteiger partial charge in [0.25, 0.3) is 5.91 Å². The molecule has 0 unspecified atom stereocenters. The Balaban J connectivity index is 2.01. The molecule has 7 heteroatoms. The van der Waals surface area contributed by atoms with Crippen molar-refractivity contribution < 1.29 is 14.3 Å². The Hall–Kier alpha value is -2.80. The number of nitrogens with one attached hydrogen (secondary N) is 1. The Morgan fingerprint density at radius 3 is 2.52 bits per heavy atom. The number of ether oxygens (including phenoxy) is 1. The monoisotopic (exact) mass is 399 g/mol. The van der Waals surface area contributed by atoms with Crippen LogP contribution in [-0.4, -0.2) is 29.0 Å². The number of amides is 1. The number of hydrogen-bond acceptors (Lipinski definition) is 5. The van der Waals surface area contributed by atoms with Crippen molar-refractivity contribution in [3.63, 3.8) is 0 Å². The third-order valence-corrected chi connectivity index (χ3v) is 4.32. The summed E-state index contributed by atoms with van der Waals surface area (Å²) in [5.74, 6) is -0.973. The molecule has 0 aliphatic rings. The van der Waals surface area contributed by atoms with E-state index >= 15 is 0 Å². The molecule has 6 nitrogen and oxygen atoms in total. The van der Waals surface area contributed by atoms with Gasteiger partial charge in [-0.25, -0.2) is 14.8 Å². The molecule has 1 amide bonds. The summed E-state index contributed by atoms with van der Waals surface area (Å²) in [4.78, 5) is 32.5. The maximum absolute atomic E-state index is 12.7. The van der Waals surface area contributed by atoms with Gasteiger partial charge >= 0.3 is 5.97 Å². The van der Waals surface area contributed by atoms with Gasteiger partial charge in [-0.2, -0.15) is 0 Å². The molecule has 25 heavy (non-hydrogen) atoms. The highest BCUT2D eigenvalue weighted by Gasteiger charge is 2.19. The summed E-state index contributed by atoms with van der Waals surface area (Å²) in [6.07, 6.45) is 2.76. The zero-order valence-corrected chi connectivity index (χ0v) is 14.9. The fraction of sp³-hybridized carbons (Fsp3) is 0.111. The summed E-state index contributed by atoms with van der Waals surface area (Å²) in [7, 11) is 1.25. The van der Waals surface area contributed by atoms with E-state index in [1.807, 2.05) is 30.3 Å². The second kappa shape index (κ2) is 7.40. The summed E-state index contributed by atoms with van der Waals surface area (Å²) < 4.78 is 4.67. The molecule has 0 fully saturated rings. The third-order valence-electron chi connectivity index (χ3n) is 3.71. The van der Waals surface area contributed by atoms with Gasteiger partial charge in [0.05, 0.1) is 7.11 Å². The molecule has 126 valence electrons. The molecule has 1 aromatic heterocycles. The number of carbonyl (C=O) groups excluding carboxylic acids is 2. The first kappa shape index (κ1) is 17.0. The summed E-state index contributed by atoms with van der Waals surface area (Å²) >= 11 is 3.46. The van der Waals surface area contributed by atoms with Crippen LogP contribution < -0.4 is 5.32 Å². The number of esters is 1. The zero-order valence-electron chi connectivity index (χ0n) is 13.3. The number of benzene rings is 2. The van der Waals surface area contributed by atoms with Crippen molar-refractivity contribution in [1.29, 1.82) is 0 Å². The second-order valence-corrected chi connectivity index (χ2v) is 5.71. The molecule has 2 aromatic carbocycles. The van der Waals surface area contributed by atoms with Crippen molar-refractivity contribution in [1.82, 2.24) is 9.97 Å². The number of rotatable bonds is 4. The third kappa shape index (κ3) is 3.36. The number of carbonyl (C=O) groups is 2. The fourth-order valence-corrected chi connectivity index (χ4v) is 3.02. The van der Waals surface area contributed by atoms with Gasteiger partial charge in [-0.3, -0.25) is 4.79 Å². The lowest BCUT2D eigenvalue weighted by atomic mass is 10.00. The molecular weight excluding hydrogens is 386 g/mol. The van der Waals surface area contributed by atoms with Crippen molar-refractivity contribution in [2.75, 3.05) is 12.4 Å². The average Bonchev–Trinajstić information content (AvgIpc) is 2.66. The maximum atomic E-state index is 12.7. The minimum absolute atomic E-state index is 0.0419. The van der Waals surface area contributed by atoms with Crippen molar-refractivity contribution in [2.45, 2.75) is 5.33 Å². The molecule has 3 aromatic rings. The highest BCUT2D eigenvalue weighted by Crippen LogP contribution is 2.25. The van der Waals surface area contributed by atoms with Gasteiger partial charge in [-0.1, -0.05) is 46.3 Å². The summed E-state index contributed by atoms with van der Waals surface area (Å²) in [5, 5.41) is 5.14. The van der Waals surface area contributed by atoms with E-state index in [-0.39, 0.29) is 17.4 Å². The van der Waals surface area contributed by atoms with E-state index in [1.165, 1.54) is 19.5 Å². The van der Waals surface area contributed by atoms with Crippen LogP contribution in [0.25, 0.3) is 10.8 Å². The van der Waals surface area contributed by atoms with E-state index in [1.54, 1.807) is 6.07 Å². The molecule has 1 N–H and O–H groups in total. The quantitative estimate of drug-likeness (QED) is 0.535. The van der Waals surface area contributed by atoms with Gasteiger partial charge in [0.1, 0.15) is 0 Å². The van der Waals surface area contributed by atoms with Gasteiger partial charge in [0, 0.05) is 23.3 Å². The van der Waals surface area contributed by atoms with Gasteiger partial charge in [0.15, 0.2) is 11.5 Å². The Morgan fingerprint density at radius 2 is 1.80 bits per heavy atom. The van der Waals surface area contributed by atoms with Gasteiger partial charge in [0.2, 0.25) is 0 Å². The molecule has 0 bridgehead atoms. The van der Waals surface area contributed by atoms with E-state index in [9.17, 15) is 9.59 Å². The maximum Gasteiger partial charge on any atom is 0.360 e. The van der Waals surface area contributed by atoms with E-state index in [0.717, 1.165) is 16.3 Å². The number of methoxy groups -OCH3 is 1. The molecule has 0 saturated heterocycles. The van der Waals surface area contributed by atoms with Crippen molar-refractivity contribution in [3.8, 4) is 0 Å². The summed E-state index contributed by atoms with van der Waals surface area (Å²) in [6, 6.07) is 11.3. The second-order valence-electron chi connectivity index (χ2n) is 5.15. The van der Waals surface area contributed by atoms with Crippen LogP contribution in [0.3, 0.4) is 0 Å². The van der Waals surface area contributed by atoms with Gasteiger partial charge in [-0.05, 0) is 22.4 Å². The fourth-order valence-electron chi connectivity index (χ4n) is 2.53. The number of alkyl halides is 1. The standard InChI is InChI=1S/C18H14BrN3O3/c1-25-18(24)15-16(21-9-8-20-15)22-17(23)14-7-6-11(10-19)12-4-2-3-5-13(12)14/h2-9H,10H2,1H3,(H,21,22,23). The predicted molar refractivity (Wildman–Crippen MR) is 97.9 cm³/mol. The van der Waals surface area contributed by atoms with E-state index in [2.05, 4.69) is 36.0 Å². The van der Waals surface area contributed by atoms with Crippen molar-refractivity contribution >= 4 is 44.4 Å². The number of nitrogens with zero attached hydrogens (tertiary/aromatic N) is 2. The lowest BCUT2D eigenvalue weighted by Gasteiger charge is -2.11. The number of anilines is 1. The summed E-state index contributed by atoms with van der Waals surface area (Å²) in [5.41, 5.74) is 1.53. The smallest absolute Gasteiger partial charge is 0.360 e. The largest absolute Gasteiger partial charge is 0.464 e. The average molecular weight is 400 g/mol. The predicted octanol–water partition coefficient (Wildman–Crippen LogP) is 3.56. The summed E-state index contributed by atoms with van der Waals surface area (Å²) in [6.45, 7) is 0. The van der Waals surface area contributed by atoms with Gasteiger partial charge < -0.3 is 10.1 Å². The molecule has 0 aliphatic carbocycles. The Morgan fingerprint density at radius 1 is 1.08 bits per heavy atom. The first-order chi connectivity index (χ1) is 12.2. The lowest BCUT2D eigenvalue weighted by Crippen LogP contribution is -2.18. The highest BCUT2D eigenvalue weighted by molar-refractivity contribution is 9.08. The lowest BCUT2D eigenvalue weighted by molar-refractivity contribution is 0.0595. The first-order valence-corrected chi connectivity index (χ1v) is 8.55. The molecule has 0 spiro atoms. The van der Waals surface area contributed by atoms with Crippen LogP contribution >= 0.6 is 15.9 Å². The molecule has 1 heterocycles. The number of halogens is 1. The topological polar surface area (TPSA) is 81.2 Å². The van der Waals surface area contributed by atoms with Crippen molar-refractivity contribution in [3.05, 3.63) is 65.6 Å². The number of fused-ring (bicyclic) bond motifs is 1. The highest BCUT2D eigenvalue weighted by atomic mass is 79.9. The van der Waals surface area contributed by atoms with E-state index in [4.69, 9.17) is 0 Å². The minimum Gasteiger partial charge on any atom is -0.464 e. The van der Waals surface area contributed by atoms with Crippen LogP contribution in [-0.2, 0) is 10.1 Å². The Labute approximate surface area is 152 Å². The van der Waals surface area contributed by atoms with Crippen LogP contribution in [0.4, 0.5) is 5.82 Å². The van der Waals surface area contributed by atoms with Crippen molar-refractivity contribution in [2.24, 2.45) is 0 Å². The minimum atomic E-state index is -0.664.